The number of nitrogens with zero attached hydrogens (tertiary/aromatic N) is 1. The van der Waals surface area contributed by atoms with E-state index in [1.165, 1.54) is 0 Å². The number of ether oxygens (including phenoxy) is 1. The van der Waals surface area contributed by atoms with Crippen molar-refractivity contribution >= 4 is 6.09 Å². The molecular weight excluding hydrogens is 174 g/mol. The first-order valence-electron chi connectivity index (χ1n) is 3.82. The number of aliphatic hydroxyl groups excluding tert-OH is 1. The number of hydrogen-bond donors (Lipinski definition) is 3. The maximum Gasteiger partial charge on any atom is 0.407 e. The van der Waals surface area contributed by atoms with Crippen LogP contribution in [0.5, 0.6) is 0 Å². The quantitative estimate of drug-likeness (QED) is 0.597. The fraction of sp³-hybridized carbons (Fsp3) is 0.429. The summed E-state index contributed by atoms with van der Waals surface area (Å²) in [6.07, 6.45) is 2.73. The molecule has 0 atom stereocenters. The molecule has 0 aliphatic carbocycles. The molecule has 0 aromatic carbocycles. The molecule has 0 radical (unpaired) electrons. The van der Waals surface area contributed by atoms with Crippen molar-refractivity contribution in [3.63, 3.8) is 0 Å². The third kappa shape index (κ3) is 3.57. The second kappa shape index (κ2) is 5.15. The number of aromatic amines is 1. The van der Waals surface area contributed by atoms with E-state index in [-0.39, 0.29) is 13.2 Å². The van der Waals surface area contributed by atoms with E-state index in [4.69, 9.17) is 5.11 Å². The Labute approximate surface area is 74.9 Å². The van der Waals surface area contributed by atoms with E-state index < -0.39 is 6.09 Å². The van der Waals surface area contributed by atoms with Crippen molar-refractivity contribution in [2.24, 2.45) is 0 Å². The number of aliphatic hydroxyl groups is 1. The smallest absolute Gasteiger partial charge is 0.407 e. The van der Waals surface area contributed by atoms with Gasteiger partial charge in [0, 0.05) is 18.3 Å². The first kappa shape index (κ1) is 9.53. The first-order valence-corrected chi connectivity index (χ1v) is 3.82. The summed E-state index contributed by atoms with van der Waals surface area (Å²) < 4.78 is 4.56. The Morgan fingerprint density at radius 3 is 3.23 bits per heavy atom. The van der Waals surface area contributed by atoms with Crippen LogP contribution < -0.4 is 5.32 Å². The molecule has 13 heavy (non-hydrogen) atoms. The van der Waals surface area contributed by atoms with Crippen LogP contribution in [0.1, 0.15) is 5.56 Å². The SMILES string of the molecule is O=C(NCc1cn[nH]c1)OCCO. The van der Waals surface area contributed by atoms with Crippen LogP contribution >= 0.6 is 0 Å². The summed E-state index contributed by atoms with van der Waals surface area (Å²) in [5.74, 6) is 0. The van der Waals surface area contributed by atoms with Gasteiger partial charge in [0.15, 0.2) is 0 Å². The number of rotatable bonds is 4. The number of H-pyrrole nitrogens is 1. The van der Waals surface area contributed by atoms with E-state index in [0.717, 1.165) is 5.56 Å². The van der Waals surface area contributed by atoms with Crippen LogP contribution in [0.15, 0.2) is 12.4 Å². The zero-order valence-electron chi connectivity index (χ0n) is 6.99. The standard InChI is InChI=1S/C7H11N3O3/c11-1-2-13-7(12)8-3-6-4-9-10-5-6/h4-5,11H,1-3H2,(H,8,12)(H,9,10). The summed E-state index contributed by atoms with van der Waals surface area (Å²) in [6.45, 7) is 0.205. The maximum atomic E-state index is 10.8. The predicted molar refractivity (Wildman–Crippen MR) is 43.9 cm³/mol. The molecule has 3 N–H and O–H groups in total. The van der Waals surface area contributed by atoms with Crippen molar-refractivity contribution in [3.05, 3.63) is 18.0 Å². The summed E-state index contributed by atoms with van der Waals surface area (Å²) >= 11 is 0. The zero-order valence-corrected chi connectivity index (χ0v) is 6.99. The van der Waals surface area contributed by atoms with E-state index in [0.29, 0.717) is 6.54 Å². The highest BCUT2D eigenvalue weighted by atomic mass is 16.6. The molecule has 0 saturated carbocycles. The Bertz CT molecular complexity index is 247. The highest BCUT2D eigenvalue weighted by molar-refractivity contribution is 5.67. The second-order valence-electron chi connectivity index (χ2n) is 2.32. The number of carbonyl (C=O) groups excluding carboxylic acids is 1. The lowest BCUT2D eigenvalue weighted by Crippen LogP contribution is -2.24. The van der Waals surface area contributed by atoms with E-state index >= 15 is 0 Å². The predicted octanol–water partition coefficient (Wildman–Crippen LogP) is -0.372. The summed E-state index contributed by atoms with van der Waals surface area (Å²) in [7, 11) is 0. The molecule has 0 aliphatic rings. The van der Waals surface area contributed by atoms with Crippen LogP contribution in [0.3, 0.4) is 0 Å². The summed E-state index contributed by atoms with van der Waals surface area (Å²) in [5.41, 5.74) is 0.862. The van der Waals surface area contributed by atoms with Gasteiger partial charge >= 0.3 is 6.09 Å². The minimum Gasteiger partial charge on any atom is -0.447 e. The largest absolute Gasteiger partial charge is 0.447 e. The summed E-state index contributed by atoms with van der Waals surface area (Å²) in [5, 5.41) is 17.2. The van der Waals surface area contributed by atoms with Gasteiger partial charge < -0.3 is 15.2 Å². The van der Waals surface area contributed by atoms with E-state index in [1.54, 1.807) is 12.4 Å². The molecule has 6 heteroatoms. The summed E-state index contributed by atoms with van der Waals surface area (Å²) in [6, 6.07) is 0. The Balaban J connectivity index is 2.15. The molecule has 0 unspecified atom stereocenters. The molecular formula is C7H11N3O3. The average molecular weight is 185 g/mol. The van der Waals surface area contributed by atoms with Gasteiger partial charge in [0.1, 0.15) is 6.61 Å². The van der Waals surface area contributed by atoms with Crippen LogP contribution in [0.25, 0.3) is 0 Å². The average Bonchev–Trinajstić information content (AvgIpc) is 2.64. The molecule has 1 rings (SSSR count). The molecule has 1 aromatic heterocycles. The van der Waals surface area contributed by atoms with Gasteiger partial charge in [-0.1, -0.05) is 0 Å². The molecule has 0 aliphatic heterocycles. The van der Waals surface area contributed by atoms with Gasteiger partial charge in [-0.25, -0.2) is 4.79 Å². The molecule has 0 fully saturated rings. The highest BCUT2D eigenvalue weighted by Gasteiger charge is 2.00. The van der Waals surface area contributed by atoms with Gasteiger partial charge in [0.05, 0.1) is 12.8 Å². The third-order valence-corrected chi connectivity index (χ3v) is 1.32. The van der Waals surface area contributed by atoms with Crippen molar-refractivity contribution < 1.29 is 14.6 Å². The van der Waals surface area contributed by atoms with Crippen molar-refractivity contribution in [3.8, 4) is 0 Å². The molecule has 0 saturated heterocycles. The van der Waals surface area contributed by atoms with Crippen LogP contribution in [0.4, 0.5) is 4.79 Å². The van der Waals surface area contributed by atoms with Gasteiger partial charge in [-0.15, -0.1) is 0 Å². The number of hydrogen-bond acceptors (Lipinski definition) is 4. The lowest BCUT2D eigenvalue weighted by Gasteiger charge is -2.03. The lowest BCUT2D eigenvalue weighted by atomic mass is 10.4. The van der Waals surface area contributed by atoms with Gasteiger partial charge in [-0.05, 0) is 0 Å². The molecule has 0 spiro atoms. The third-order valence-electron chi connectivity index (χ3n) is 1.32. The van der Waals surface area contributed by atoms with E-state index in [1.807, 2.05) is 0 Å². The van der Waals surface area contributed by atoms with E-state index in [2.05, 4.69) is 20.3 Å². The minimum absolute atomic E-state index is 0.0111. The maximum absolute atomic E-state index is 10.8. The summed E-state index contributed by atoms with van der Waals surface area (Å²) in [4.78, 5) is 10.8. The fourth-order valence-corrected chi connectivity index (χ4v) is 0.738. The van der Waals surface area contributed by atoms with Gasteiger partial charge in [-0.2, -0.15) is 5.10 Å². The lowest BCUT2D eigenvalue weighted by molar-refractivity contribution is 0.119. The Kier molecular flexibility index (Phi) is 3.77. The van der Waals surface area contributed by atoms with Crippen molar-refractivity contribution in [1.29, 1.82) is 0 Å². The Morgan fingerprint density at radius 2 is 2.62 bits per heavy atom. The van der Waals surface area contributed by atoms with Gasteiger partial charge in [0.25, 0.3) is 0 Å². The highest BCUT2D eigenvalue weighted by Crippen LogP contribution is 1.92. The number of carbonyl (C=O) groups is 1. The normalized spacial score (nSPS) is 9.62. The minimum atomic E-state index is -0.546. The number of nitrogens with one attached hydrogen (secondary N) is 2. The number of amides is 1. The van der Waals surface area contributed by atoms with Crippen LogP contribution in [0.2, 0.25) is 0 Å². The van der Waals surface area contributed by atoms with Crippen LogP contribution in [-0.4, -0.2) is 34.6 Å². The molecule has 6 nitrogen and oxygen atoms in total. The molecule has 1 amide bonds. The molecule has 0 bridgehead atoms. The van der Waals surface area contributed by atoms with Gasteiger partial charge in [-0.3, -0.25) is 5.10 Å². The Hall–Kier alpha value is -1.56. The molecule has 72 valence electrons. The van der Waals surface area contributed by atoms with Crippen molar-refractivity contribution in [2.75, 3.05) is 13.2 Å². The fourth-order valence-electron chi connectivity index (χ4n) is 0.738. The monoisotopic (exact) mass is 185 g/mol. The second-order valence-corrected chi connectivity index (χ2v) is 2.32. The molecule has 1 aromatic rings. The van der Waals surface area contributed by atoms with Crippen molar-refractivity contribution in [1.82, 2.24) is 15.5 Å². The van der Waals surface area contributed by atoms with Crippen LogP contribution in [-0.2, 0) is 11.3 Å². The molecule has 1 heterocycles. The topological polar surface area (TPSA) is 87.2 Å². The number of aromatic nitrogens is 2. The number of alkyl carbamates (subject to hydrolysis) is 1. The van der Waals surface area contributed by atoms with Crippen LogP contribution in [0, 0.1) is 0 Å². The Morgan fingerprint density at radius 1 is 1.77 bits per heavy atom. The van der Waals surface area contributed by atoms with Crippen molar-refractivity contribution in [2.45, 2.75) is 6.54 Å². The first-order chi connectivity index (χ1) is 6.33. The van der Waals surface area contributed by atoms with Gasteiger partial charge in [0.2, 0.25) is 0 Å². The zero-order chi connectivity index (χ0) is 9.52. The van der Waals surface area contributed by atoms with E-state index in [9.17, 15) is 4.79 Å².